The Morgan fingerprint density at radius 2 is 1.94 bits per heavy atom. The lowest BCUT2D eigenvalue weighted by Gasteiger charge is -2.32. The highest BCUT2D eigenvalue weighted by Crippen LogP contribution is 2.20. The normalized spacial score (nSPS) is 29.4. The molecule has 16 heavy (non-hydrogen) atoms. The lowest BCUT2D eigenvalue weighted by Crippen LogP contribution is -2.40. The van der Waals surface area contributed by atoms with Crippen molar-refractivity contribution in [1.82, 2.24) is 10.2 Å². The molecule has 96 valence electrons. The molecule has 0 aromatic heterocycles. The molecule has 0 aromatic carbocycles. The Labute approximate surface area is 110 Å². The van der Waals surface area contributed by atoms with Crippen LogP contribution in [-0.2, 0) is 0 Å². The summed E-state index contributed by atoms with van der Waals surface area (Å²) in [4.78, 5) is 2.73. The van der Waals surface area contributed by atoms with Crippen molar-refractivity contribution in [2.75, 3.05) is 37.7 Å². The summed E-state index contributed by atoms with van der Waals surface area (Å²) in [6.07, 6.45) is 4.16. The van der Waals surface area contributed by atoms with Gasteiger partial charge in [0.1, 0.15) is 0 Å². The maximum Gasteiger partial charge on any atom is 0.00753 e. The third kappa shape index (κ3) is 4.44. The fraction of sp³-hybridized carbons (Fsp3) is 1.00. The van der Waals surface area contributed by atoms with Crippen molar-refractivity contribution in [1.29, 1.82) is 0 Å². The van der Waals surface area contributed by atoms with Crippen LogP contribution < -0.4 is 5.32 Å². The minimum Gasteiger partial charge on any atom is -0.317 e. The molecule has 2 aliphatic rings. The second-order valence-corrected chi connectivity index (χ2v) is 6.16. The summed E-state index contributed by atoms with van der Waals surface area (Å²) in [6.45, 7) is 7.55. The zero-order chi connectivity index (χ0) is 10.5. The molecule has 4 heteroatoms. The molecule has 2 heterocycles. The van der Waals surface area contributed by atoms with Crippen LogP contribution in [0.4, 0.5) is 0 Å². The Morgan fingerprint density at radius 3 is 2.69 bits per heavy atom. The minimum absolute atomic E-state index is 0. The van der Waals surface area contributed by atoms with Crippen LogP contribution in [-0.4, -0.2) is 48.6 Å². The van der Waals surface area contributed by atoms with E-state index in [1.807, 2.05) is 0 Å². The van der Waals surface area contributed by atoms with Gasteiger partial charge in [0.25, 0.3) is 0 Å². The van der Waals surface area contributed by atoms with E-state index in [0.717, 1.165) is 12.0 Å². The third-order valence-corrected chi connectivity index (χ3v) is 4.77. The van der Waals surface area contributed by atoms with Gasteiger partial charge in [-0.1, -0.05) is 0 Å². The van der Waals surface area contributed by atoms with E-state index in [-0.39, 0.29) is 12.4 Å². The zero-order valence-electron chi connectivity index (χ0n) is 10.3. The SMILES string of the molecule is CC1CCSCCN1CC1CCNCC1.Cl. The van der Waals surface area contributed by atoms with E-state index in [2.05, 4.69) is 28.9 Å². The van der Waals surface area contributed by atoms with Crippen molar-refractivity contribution in [2.45, 2.75) is 32.2 Å². The predicted molar refractivity (Wildman–Crippen MR) is 75.8 cm³/mol. The van der Waals surface area contributed by atoms with E-state index < -0.39 is 0 Å². The maximum absolute atomic E-state index is 3.45. The van der Waals surface area contributed by atoms with Crippen molar-refractivity contribution >= 4 is 24.2 Å². The molecule has 2 aliphatic heterocycles. The summed E-state index contributed by atoms with van der Waals surface area (Å²) in [5.74, 6) is 3.66. The first kappa shape index (κ1) is 14.6. The Balaban J connectivity index is 0.00000128. The van der Waals surface area contributed by atoms with Gasteiger partial charge in [0.05, 0.1) is 0 Å². The molecule has 0 amide bonds. The molecule has 0 saturated carbocycles. The summed E-state index contributed by atoms with van der Waals surface area (Å²) in [6, 6.07) is 0.815. The third-order valence-electron chi connectivity index (χ3n) is 3.78. The fourth-order valence-electron chi connectivity index (χ4n) is 2.61. The Hall–Kier alpha value is 0.560. The number of halogens is 1. The molecule has 1 N–H and O–H groups in total. The second kappa shape index (κ2) is 7.80. The molecule has 2 rings (SSSR count). The van der Waals surface area contributed by atoms with Crippen LogP contribution in [0, 0.1) is 5.92 Å². The van der Waals surface area contributed by atoms with Crippen molar-refractivity contribution in [3.05, 3.63) is 0 Å². The summed E-state index contributed by atoms with van der Waals surface area (Å²) in [5.41, 5.74) is 0. The van der Waals surface area contributed by atoms with Crippen molar-refractivity contribution < 1.29 is 0 Å². The van der Waals surface area contributed by atoms with Crippen LogP contribution in [0.3, 0.4) is 0 Å². The lowest BCUT2D eigenvalue weighted by molar-refractivity contribution is 0.169. The van der Waals surface area contributed by atoms with Crippen molar-refractivity contribution in [2.24, 2.45) is 5.92 Å². The summed E-state index contributed by atoms with van der Waals surface area (Å²) >= 11 is 2.13. The molecule has 1 unspecified atom stereocenters. The number of piperidine rings is 1. The second-order valence-electron chi connectivity index (χ2n) is 4.94. The largest absolute Gasteiger partial charge is 0.317 e. The Morgan fingerprint density at radius 1 is 1.19 bits per heavy atom. The average molecular weight is 265 g/mol. The summed E-state index contributed by atoms with van der Waals surface area (Å²) in [7, 11) is 0. The molecule has 2 nitrogen and oxygen atoms in total. The van der Waals surface area contributed by atoms with Gasteiger partial charge in [-0.3, -0.25) is 4.90 Å². The molecular weight excluding hydrogens is 240 g/mol. The Bertz CT molecular complexity index is 186. The molecule has 1 atom stereocenters. The van der Waals surface area contributed by atoms with E-state index in [4.69, 9.17) is 0 Å². The van der Waals surface area contributed by atoms with Crippen LogP contribution in [0.5, 0.6) is 0 Å². The predicted octanol–water partition coefficient (Wildman–Crippen LogP) is 2.24. The van der Waals surface area contributed by atoms with Gasteiger partial charge in [-0.25, -0.2) is 0 Å². The topological polar surface area (TPSA) is 15.3 Å². The molecule has 0 radical (unpaired) electrons. The highest BCUT2D eigenvalue weighted by Gasteiger charge is 2.21. The average Bonchev–Trinajstić information content (AvgIpc) is 2.46. The molecule has 0 bridgehead atoms. The number of hydrogen-bond donors (Lipinski definition) is 1. The Kier molecular flexibility index (Phi) is 7.13. The first-order valence-corrected chi connectivity index (χ1v) is 7.54. The van der Waals surface area contributed by atoms with Gasteiger partial charge in [-0.15, -0.1) is 12.4 Å². The van der Waals surface area contributed by atoms with Crippen LogP contribution in [0.1, 0.15) is 26.2 Å². The van der Waals surface area contributed by atoms with E-state index >= 15 is 0 Å². The highest BCUT2D eigenvalue weighted by molar-refractivity contribution is 7.99. The number of hydrogen-bond acceptors (Lipinski definition) is 3. The monoisotopic (exact) mass is 264 g/mol. The fourth-order valence-corrected chi connectivity index (χ4v) is 3.68. The zero-order valence-corrected chi connectivity index (χ0v) is 11.9. The number of thioether (sulfide) groups is 1. The number of rotatable bonds is 2. The minimum atomic E-state index is 0. The standard InChI is InChI=1S/C12H24N2S.ClH/c1-11-4-8-15-9-7-14(11)10-12-2-5-13-6-3-12;/h11-13H,2-10H2,1H3;1H. The van der Waals surface area contributed by atoms with Gasteiger partial charge in [0.15, 0.2) is 0 Å². The van der Waals surface area contributed by atoms with Crippen molar-refractivity contribution in [3.8, 4) is 0 Å². The summed E-state index contributed by atoms with van der Waals surface area (Å²) in [5, 5.41) is 3.45. The smallest absolute Gasteiger partial charge is 0.00753 e. The van der Waals surface area contributed by atoms with Gasteiger partial charge in [0.2, 0.25) is 0 Å². The van der Waals surface area contributed by atoms with Gasteiger partial charge in [0, 0.05) is 24.9 Å². The van der Waals surface area contributed by atoms with Crippen molar-refractivity contribution in [3.63, 3.8) is 0 Å². The van der Waals surface area contributed by atoms with Crippen LogP contribution in [0.2, 0.25) is 0 Å². The van der Waals surface area contributed by atoms with Gasteiger partial charge < -0.3 is 5.32 Å². The summed E-state index contributed by atoms with van der Waals surface area (Å²) < 4.78 is 0. The van der Waals surface area contributed by atoms with E-state index in [1.54, 1.807) is 0 Å². The van der Waals surface area contributed by atoms with E-state index in [0.29, 0.717) is 0 Å². The van der Waals surface area contributed by atoms with Gasteiger partial charge >= 0.3 is 0 Å². The van der Waals surface area contributed by atoms with Gasteiger partial charge in [-0.2, -0.15) is 11.8 Å². The quantitative estimate of drug-likeness (QED) is 0.824. The van der Waals surface area contributed by atoms with Crippen LogP contribution in [0.15, 0.2) is 0 Å². The molecule has 0 aromatic rings. The molecule has 2 saturated heterocycles. The maximum atomic E-state index is 3.45. The molecule has 2 fully saturated rings. The van der Waals surface area contributed by atoms with Gasteiger partial charge in [-0.05, 0) is 50.9 Å². The molecule has 0 spiro atoms. The van der Waals surface area contributed by atoms with E-state index in [1.165, 1.54) is 56.9 Å². The molecular formula is C12H25ClN2S. The lowest BCUT2D eigenvalue weighted by atomic mass is 9.97. The first-order chi connectivity index (χ1) is 7.36. The highest BCUT2D eigenvalue weighted by atomic mass is 35.5. The first-order valence-electron chi connectivity index (χ1n) is 6.39. The van der Waals surface area contributed by atoms with Crippen LogP contribution in [0.25, 0.3) is 0 Å². The van der Waals surface area contributed by atoms with Crippen LogP contribution >= 0.6 is 24.2 Å². The number of nitrogens with one attached hydrogen (secondary N) is 1. The number of nitrogens with zero attached hydrogens (tertiary/aromatic N) is 1. The molecule has 0 aliphatic carbocycles. The van der Waals surface area contributed by atoms with E-state index in [9.17, 15) is 0 Å².